The van der Waals surface area contributed by atoms with Gasteiger partial charge in [0, 0.05) is 25.2 Å². The highest BCUT2D eigenvalue weighted by atomic mass is 32.2. The maximum atomic E-state index is 12.0. The lowest BCUT2D eigenvalue weighted by Gasteiger charge is -2.20. The minimum Gasteiger partial charge on any atom is -0.501 e. The molecule has 0 saturated heterocycles. The van der Waals surface area contributed by atoms with Gasteiger partial charge in [-0.15, -0.1) is 0 Å². The number of hydrogen-bond acceptors (Lipinski definition) is 4. The summed E-state index contributed by atoms with van der Waals surface area (Å²) < 4.78 is 11.2. The molecule has 0 aromatic heterocycles. The Balaban J connectivity index is 2.19. The Bertz CT molecular complexity index is 366. The minimum absolute atomic E-state index is 0.0554. The summed E-state index contributed by atoms with van der Waals surface area (Å²) in [5.41, 5.74) is -0.0635. The first-order valence-corrected chi connectivity index (χ1v) is 7.86. The normalized spacial score (nSPS) is 37.8. The predicted molar refractivity (Wildman–Crippen MR) is 73.6 cm³/mol. The molecule has 0 amide bonds. The van der Waals surface area contributed by atoms with Crippen molar-refractivity contribution in [3.8, 4) is 0 Å². The van der Waals surface area contributed by atoms with Crippen LogP contribution >= 0.6 is 11.8 Å². The lowest BCUT2D eigenvalue weighted by molar-refractivity contribution is -0.123. The third-order valence-corrected chi connectivity index (χ3v) is 5.16. The SMILES string of the molecule is CCC(=O)[C@H]1C[C@H]2[C@@H](C=C1OC)[C@@]2(CSC)OC. The molecule has 0 bridgehead atoms. The first kappa shape index (κ1) is 13.9. The summed E-state index contributed by atoms with van der Waals surface area (Å²) in [5, 5.41) is 0. The molecule has 0 heterocycles. The van der Waals surface area contributed by atoms with E-state index in [-0.39, 0.29) is 17.3 Å². The van der Waals surface area contributed by atoms with Crippen molar-refractivity contribution in [2.75, 3.05) is 26.2 Å². The van der Waals surface area contributed by atoms with Gasteiger partial charge in [-0.25, -0.2) is 0 Å². The Hall–Kier alpha value is -0.480. The first-order chi connectivity index (χ1) is 8.64. The largest absolute Gasteiger partial charge is 0.501 e. The van der Waals surface area contributed by atoms with E-state index in [1.807, 2.05) is 6.92 Å². The smallest absolute Gasteiger partial charge is 0.143 e. The second-order valence-corrected chi connectivity index (χ2v) is 5.97. The second kappa shape index (κ2) is 5.25. The number of thioether (sulfide) groups is 1. The van der Waals surface area contributed by atoms with Crippen LogP contribution in [0.1, 0.15) is 19.8 Å². The van der Waals surface area contributed by atoms with Crippen LogP contribution in [0.25, 0.3) is 0 Å². The minimum atomic E-state index is -0.0635. The molecule has 18 heavy (non-hydrogen) atoms. The van der Waals surface area contributed by atoms with Gasteiger partial charge in [-0.2, -0.15) is 11.8 Å². The van der Waals surface area contributed by atoms with Crippen LogP contribution in [0.3, 0.4) is 0 Å². The van der Waals surface area contributed by atoms with Crippen LogP contribution in [-0.4, -0.2) is 37.6 Å². The number of allylic oxidation sites excluding steroid dienone is 1. The van der Waals surface area contributed by atoms with Gasteiger partial charge in [0.1, 0.15) is 11.5 Å². The molecule has 0 spiro atoms. The Morgan fingerprint density at radius 1 is 1.56 bits per heavy atom. The van der Waals surface area contributed by atoms with Crippen LogP contribution in [-0.2, 0) is 14.3 Å². The van der Waals surface area contributed by atoms with Gasteiger partial charge in [-0.3, -0.25) is 4.79 Å². The van der Waals surface area contributed by atoms with Crippen molar-refractivity contribution >= 4 is 17.5 Å². The van der Waals surface area contributed by atoms with Crippen LogP contribution in [0.2, 0.25) is 0 Å². The van der Waals surface area contributed by atoms with Gasteiger partial charge in [0.15, 0.2) is 0 Å². The van der Waals surface area contributed by atoms with E-state index < -0.39 is 0 Å². The van der Waals surface area contributed by atoms with E-state index in [9.17, 15) is 4.79 Å². The number of ketones is 1. The Morgan fingerprint density at radius 3 is 2.78 bits per heavy atom. The first-order valence-electron chi connectivity index (χ1n) is 6.47. The van der Waals surface area contributed by atoms with Gasteiger partial charge < -0.3 is 9.47 Å². The third kappa shape index (κ3) is 1.99. The topological polar surface area (TPSA) is 35.5 Å². The fraction of sp³-hybridized carbons (Fsp3) is 0.786. The molecule has 0 aliphatic heterocycles. The van der Waals surface area contributed by atoms with Crippen molar-refractivity contribution in [1.29, 1.82) is 0 Å². The molecule has 0 aromatic carbocycles. The summed E-state index contributed by atoms with van der Waals surface area (Å²) in [7, 11) is 3.44. The second-order valence-electron chi connectivity index (χ2n) is 5.11. The molecule has 0 radical (unpaired) electrons. The highest BCUT2D eigenvalue weighted by molar-refractivity contribution is 7.98. The van der Waals surface area contributed by atoms with E-state index in [4.69, 9.17) is 9.47 Å². The van der Waals surface area contributed by atoms with E-state index in [1.165, 1.54) is 0 Å². The van der Waals surface area contributed by atoms with Crippen LogP contribution in [0, 0.1) is 17.8 Å². The zero-order valence-electron chi connectivity index (χ0n) is 11.6. The molecule has 3 nitrogen and oxygen atoms in total. The maximum absolute atomic E-state index is 12.0. The van der Waals surface area contributed by atoms with Gasteiger partial charge >= 0.3 is 0 Å². The molecule has 0 N–H and O–H groups in total. The molecule has 1 fully saturated rings. The van der Waals surface area contributed by atoms with Gasteiger partial charge in [0.25, 0.3) is 0 Å². The molecule has 1 saturated carbocycles. The summed E-state index contributed by atoms with van der Waals surface area (Å²) >= 11 is 1.81. The van der Waals surface area contributed by atoms with Gasteiger partial charge in [0.2, 0.25) is 0 Å². The Morgan fingerprint density at radius 2 is 2.28 bits per heavy atom. The highest BCUT2D eigenvalue weighted by Gasteiger charge is 2.66. The average Bonchev–Trinajstić information content (AvgIpc) is 3.03. The number of ether oxygens (including phenoxy) is 2. The summed E-state index contributed by atoms with van der Waals surface area (Å²) in [5.74, 6) is 2.96. The van der Waals surface area contributed by atoms with Crippen LogP contribution in [0.15, 0.2) is 11.8 Å². The van der Waals surface area contributed by atoms with E-state index in [1.54, 1.807) is 26.0 Å². The van der Waals surface area contributed by atoms with Crippen molar-refractivity contribution in [3.05, 3.63) is 11.8 Å². The molecule has 0 aromatic rings. The van der Waals surface area contributed by atoms with Gasteiger partial charge in [-0.05, 0) is 24.7 Å². The molecule has 2 aliphatic carbocycles. The zero-order chi connectivity index (χ0) is 13.3. The Kier molecular flexibility index (Phi) is 4.07. The monoisotopic (exact) mass is 270 g/mol. The molecular formula is C14H22O3S. The standard InChI is InChI=1S/C14H22O3S/c1-5-12(15)9-6-10-11(7-13(9)16-2)14(10,17-3)8-18-4/h7,9-11H,5-6,8H2,1-4H3/t9-,10+,11-,14+/m1/s1. The van der Waals surface area contributed by atoms with E-state index in [0.29, 0.717) is 18.3 Å². The van der Waals surface area contributed by atoms with Crippen molar-refractivity contribution in [1.82, 2.24) is 0 Å². The van der Waals surface area contributed by atoms with Crippen LogP contribution in [0.4, 0.5) is 0 Å². The molecule has 0 unspecified atom stereocenters. The lowest BCUT2D eigenvalue weighted by atomic mass is 9.89. The molecule has 4 heteroatoms. The maximum Gasteiger partial charge on any atom is 0.143 e. The summed E-state index contributed by atoms with van der Waals surface area (Å²) in [6.45, 7) is 1.92. The third-order valence-electron chi connectivity index (χ3n) is 4.42. The summed E-state index contributed by atoms with van der Waals surface area (Å²) in [6, 6.07) is 0. The van der Waals surface area contributed by atoms with Crippen molar-refractivity contribution < 1.29 is 14.3 Å². The Labute approximate surface area is 113 Å². The molecule has 2 rings (SSSR count). The highest BCUT2D eigenvalue weighted by Crippen LogP contribution is 2.61. The van der Waals surface area contributed by atoms with Crippen LogP contribution < -0.4 is 0 Å². The number of fused-ring (bicyclic) bond motifs is 1. The lowest BCUT2D eigenvalue weighted by Crippen LogP contribution is -2.22. The zero-order valence-corrected chi connectivity index (χ0v) is 12.4. The van der Waals surface area contributed by atoms with E-state index in [2.05, 4.69) is 12.3 Å². The molecular weight excluding hydrogens is 248 g/mol. The van der Waals surface area contributed by atoms with Gasteiger partial charge in [0.05, 0.1) is 18.6 Å². The van der Waals surface area contributed by atoms with Crippen molar-refractivity contribution in [2.24, 2.45) is 17.8 Å². The van der Waals surface area contributed by atoms with Gasteiger partial charge in [-0.1, -0.05) is 6.92 Å². The fourth-order valence-corrected chi connectivity index (χ4v) is 4.29. The number of carbonyl (C=O) groups is 1. The fourth-order valence-electron chi connectivity index (χ4n) is 3.31. The number of Topliss-reactive ketones (excluding diaryl/α,β-unsaturated/α-hetero) is 1. The molecule has 2 aliphatic rings. The summed E-state index contributed by atoms with van der Waals surface area (Å²) in [4.78, 5) is 12.0. The molecule has 4 atom stereocenters. The van der Waals surface area contributed by atoms with Crippen LogP contribution in [0.5, 0.6) is 0 Å². The average molecular weight is 270 g/mol. The number of hydrogen-bond donors (Lipinski definition) is 0. The van der Waals surface area contributed by atoms with Crippen molar-refractivity contribution in [3.63, 3.8) is 0 Å². The van der Waals surface area contributed by atoms with Crippen molar-refractivity contribution in [2.45, 2.75) is 25.4 Å². The predicted octanol–water partition coefficient (Wildman–Crippen LogP) is 2.51. The number of carbonyl (C=O) groups excluding carboxylic acids is 1. The quantitative estimate of drug-likeness (QED) is 0.743. The number of rotatable bonds is 6. The summed E-state index contributed by atoms with van der Waals surface area (Å²) in [6.07, 6.45) is 5.68. The number of methoxy groups -OCH3 is 2. The van der Waals surface area contributed by atoms with E-state index in [0.717, 1.165) is 17.9 Å². The molecule has 102 valence electrons. The van der Waals surface area contributed by atoms with E-state index >= 15 is 0 Å².